The molecule has 1 aliphatic rings. The minimum absolute atomic E-state index is 0.120. The molecule has 1 fully saturated rings. The largest absolute Gasteiger partial charge is 0.371 e. The molecule has 1 aromatic rings. The van der Waals surface area contributed by atoms with Crippen LogP contribution in [0.3, 0.4) is 0 Å². The van der Waals surface area contributed by atoms with Crippen molar-refractivity contribution in [3.05, 3.63) is 24.0 Å². The fraction of sp³-hybridized carbons (Fsp3) is 0.500. The Morgan fingerprint density at radius 3 is 3.06 bits per heavy atom. The monoisotopic (exact) mass is 234 g/mol. The van der Waals surface area contributed by atoms with E-state index in [2.05, 4.69) is 15.2 Å². The SMILES string of the molecule is CCNC(=O)c1cc(N2CC(CN)C2)ccn1. The summed E-state index contributed by atoms with van der Waals surface area (Å²) < 4.78 is 0. The highest BCUT2D eigenvalue weighted by Crippen LogP contribution is 2.23. The fourth-order valence-electron chi connectivity index (χ4n) is 1.92. The Kier molecular flexibility index (Phi) is 3.58. The summed E-state index contributed by atoms with van der Waals surface area (Å²) in [5.74, 6) is 0.460. The summed E-state index contributed by atoms with van der Waals surface area (Å²) in [6.45, 7) is 5.17. The minimum Gasteiger partial charge on any atom is -0.371 e. The molecule has 0 aliphatic carbocycles. The van der Waals surface area contributed by atoms with Crippen molar-refractivity contribution in [1.29, 1.82) is 0 Å². The first-order chi connectivity index (χ1) is 8.24. The molecule has 2 heterocycles. The van der Waals surface area contributed by atoms with E-state index >= 15 is 0 Å². The summed E-state index contributed by atoms with van der Waals surface area (Å²) in [6.07, 6.45) is 1.68. The number of anilines is 1. The molecule has 17 heavy (non-hydrogen) atoms. The highest BCUT2D eigenvalue weighted by Gasteiger charge is 2.25. The number of amides is 1. The van der Waals surface area contributed by atoms with Crippen molar-refractivity contribution in [3.63, 3.8) is 0 Å². The first-order valence-corrected chi connectivity index (χ1v) is 5.94. The van der Waals surface area contributed by atoms with Crippen molar-refractivity contribution in [3.8, 4) is 0 Å². The van der Waals surface area contributed by atoms with Gasteiger partial charge in [-0.05, 0) is 25.6 Å². The summed E-state index contributed by atoms with van der Waals surface area (Å²) >= 11 is 0. The van der Waals surface area contributed by atoms with Gasteiger partial charge in [-0.1, -0.05) is 0 Å². The van der Waals surface area contributed by atoms with Crippen molar-refractivity contribution < 1.29 is 4.79 Å². The van der Waals surface area contributed by atoms with E-state index < -0.39 is 0 Å². The van der Waals surface area contributed by atoms with Crippen LogP contribution in [-0.4, -0.2) is 37.1 Å². The average molecular weight is 234 g/mol. The van der Waals surface area contributed by atoms with E-state index in [4.69, 9.17) is 5.73 Å². The predicted octanol–water partition coefficient (Wildman–Crippen LogP) is 0.226. The van der Waals surface area contributed by atoms with Gasteiger partial charge in [-0.15, -0.1) is 0 Å². The molecule has 0 aromatic carbocycles. The Morgan fingerprint density at radius 2 is 2.41 bits per heavy atom. The molecule has 5 nitrogen and oxygen atoms in total. The topological polar surface area (TPSA) is 71.2 Å². The van der Waals surface area contributed by atoms with E-state index in [0.717, 1.165) is 25.3 Å². The van der Waals surface area contributed by atoms with Crippen LogP contribution in [-0.2, 0) is 0 Å². The first-order valence-electron chi connectivity index (χ1n) is 5.94. The zero-order valence-electron chi connectivity index (χ0n) is 10.0. The Balaban J connectivity index is 2.05. The number of hydrogen-bond donors (Lipinski definition) is 2. The summed E-state index contributed by atoms with van der Waals surface area (Å²) in [5.41, 5.74) is 7.11. The van der Waals surface area contributed by atoms with Gasteiger partial charge in [0.05, 0.1) is 0 Å². The van der Waals surface area contributed by atoms with Gasteiger partial charge >= 0.3 is 0 Å². The lowest BCUT2D eigenvalue weighted by molar-refractivity contribution is 0.0951. The van der Waals surface area contributed by atoms with Gasteiger partial charge in [0.1, 0.15) is 5.69 Å². The second-order valence-corrected chi connectivity index (χ2v) is 4.27. The van der Waals surface area contributed by atoms with E-state index in [1.165, 1.54) is 0 Å². The minimum atomic E-state index is -0.120. The molecule has 1 saturated heterocycles. The van der Waals surface area contributed by atoms with E-state index in [-0.39, 0.29) is 5.91 Å². The molecule has 5 heteroatoms. The number of pyridine rings is 1. The van der Waals surface area contributed by atoms with Crippen LogP contribution in [0.25, 0.3) is 0 Å². The quantitative estimate of drug-likeness (QED) is 0.782. The normalized spacial score (nSPS) is 15.5. The number of nitrogens with zero attached hydrogens (tertiary/aromatic N) is 2. The van der Waals surface area contributed by atoms with Crippen molar-refractivity contribution in [2.75, 3.05) is 31.1 Å². The van der Waals surface area contributed by atoms with Gasteiger partial charge in [0.15, 0.2) is 0 Å². The number of hydrogen-bond acceptors (Lipinski definition) is 4. The average Bonchev–Trinajstić information content (AvgIpc) is 2.28. The van der Waals surface area contributed by atoms with Crippen molar-refractivity contribution in [2.24, 2.45) is 11.7 Å². The number of nitrogens with one attached hydrogen (secondary N) is 1. The van der Waals surface area contributed by atoms with E-state index in [0.29, 0.717) is 18.2 Å². The van der Waals surface area contributed by atoms with Crippen LogP contribution in [0.15, 0.2) is 18.3 Å². The Hall–Kier alpha value is -1.62. The molecule has 1 aliphatic heterocycles. The fourth-order valence-corrected chi connectivity index (χ4v) is 1.92. The predicted molar refractivity (Wildman–Crippen MR) is 67.0 cm³/mol. The summed E-state index contributed by atoms with van der Waals surface area (Å²) in [7, 11) is 0. The van der Waals surface area contributed by atoms with Gasteiger partial charge in [0.25, 0.3) is 5.91 Å². The van der Waals surface area contributed by atoms with Gasteiger partial charge in [-0.3, -0.25) is 9.78 Å². The third kappa shape index (κ3) is 2.55. The Morgan fingerprint density at radius 1 is 1.65 bits per heavy atom. The summed E-state index contributed by atoms with van der Waals surface area (Å²) in [4.78, 5) is 17.9. The number of carbonyl (C=O) groups is 1. The second-order valence-electron chi connectivity index (χ2n) is 4.27. The number of nitrogens with two attached hydrogens (primary N) is 1. The third-order valence-electron chi connectivity index (χ3n) is 2.97. The van der Waals surface area contributed by atoms with E-state index in [1.54, 1.807) is 6.20 Å². The zero-order chi connectivity index (χ0) is 12.3. The maximum Gasteiger partial charge on any atom is 0.269 e. The number of carbonyl (C=O) groups excluding carboxylic acids is 1. The van der Waals surface area contributed by atoms with Gasteiger partial charge in [-0.25, -0.2) is 0 Å². The van der Waals surface area contributed by atoms with Crippen molar-refractivity contribution >= 4 is 11.6 Å². The molecule has 1 amide bonds. The molecule has 92 valence electrons. The van der Waals surface area contributed by atoms with Crippen LogP contribution in [0.4, 0.5) is 5.69 Å². The highest BCUT2D eigenvalue weighted by molar-refractivity contribution is 5.93. The molecule has 0 saturated carbocycles. The van der Waals surface area contributed by atoms with Crippen LogP contribution in [0, 0.1) is 5.92 Å². The highest BCUT2D eigenvalue weighted by atomic mass is 16.1. The third-order valence-corrected chi connectivity index (χ3v) is 2.97. The maximum atomic E-state index is 11.6. The molecule has 0 bridgehead atoms. The van der Waals surface area contributed by atoms with Crippen LogP contribution >= 0.6 is 0 Å². The lowest BCUT2D eigenvalue weighted by Crippen LogP contribution is -2.50. The maximum absolute atomic E-state index is 11.6. The Labute approximate surface area is 101 Å². The van der Waals surface area contributed by atoms with Gasteiger partial charge < -0.3 is 16.0 Å². The van der Waals surface area contributed by atoms with Gasteiger partial charge in [0.2, 0.25) is 0 Å². The standard InChI is InChI=1S/C12H18N4O/c1-2-14-12(17)11-5-10(3-4-15-11)16-7-9(6-13)8-16/h3-5,9H,2,6-8,13H2,1H3,(H,14,17). The molecule has 0 radical (unpaired) electrons. The molecule has 0 unspecified atom stereocenters. The summed E-state index contributed by atoms with van der Waals surface area (Å²) in [5, 5.41) is 2.74. The molecule has 1 aromatic heterocycles. The summed E-state index contributed by atoms with van der Waals surface area (Å²) in [6, 6.07) is 3.76. The van der Waals surface area contributed by atoms with E-state index in [9.17, 15) is 4.79 Å². The second kappa shape index (κ2) is 5.14. The molecule has 3 N–H and O–H groups in total. The molecule has 0 atom stereocenters. The number of rotatable bonds is 4. The Bertz CT molecular complexity index is 401. The lowest BCUT2D eigenvalue weighted by atomic mass is 10.00. The lowest BCUT2D eigenvalue weighted by Gasteiger charge is -2.40. The van der Waals surface area contributed by atoms with Gasteiger partial charge in [0, 0.05) is 37.4 Å². The van der Waals surface area contributed by atoms with E-state index in [1.807, 2.05) is 19.1 Å². The van der Waals surface area contributed by atoms with Crippen LogP contribution < -0.4 is 16.0 Å². The molecular formula is C12H18N4O. The number of aromatic nitrogens is 1. The smallest absolute Gasteiger partial charge is 0.269 e. The van der Waals surface area contributed by atoms with Gasteiger partial charge in [-0.2, -0.15) is 0 Å². The van der Waals surface area contributed by atoms with Crippen LogP contribution in [0.1, 0.15) is 17.4 Å². The van der Waals surface area contributed by atoms with Crippen LogP contribution in [0.5, 0.6) is 0 Å². The van der Waals surface area contributed by atoms with Crippen molar-refractivity contribution in [1.82, 2.24) is 10.3 Å². The molecule has 2 rings (SSSR count). The van der Waals surface area contributed by atoms with Crippen LogP contribution in [0.2, 0.25) is 0 Å². The molecular weight excluding hydrogens is 216 g/mol. The zero-order valence-corrected chi connectivity index (χ0v) is 10.0. The van der Waals surface area contributed by atoms with Crippen molar-refractivity contribution in [2.45, 2.75) is 6.92 Å². The first kappa shape index (κ1) is 11.9. The molecule has 0 spiro atoms.